The molecule has 0 aromatic carbocycles. The molecule has 1 saturated heterocycles. The van der Waals surface area contributed by atoms with Gasteiger partial charge in [-0.1, -0.05) is 0 Å². The van der Waals surface area contributed by atoms with Crippen molar-refractivity contribution >= 4 is 34.0 Å². The predicted molar refractivity (Wildman–Crippen MR) is 78.1 cm³/mol. The zero-order valence-electron chi connectivity index (χ0n) is 10.4. The highest BCUT2D eigenvalue weighted by Gasteiger charge is 2.20. The number of aromatic nitrogens is 3. The Kier molecular flexibility index (Phi) is 3.79. The number of halogens is 1. The van der Waals surface area contributed by atoms with Crippen molar-refractivity contribution in [2.75, 3.05) is 36.0 Å². The van der Waals surface area contributed by atoms with Crippen LogP contribution in [0.15, 0.2) is 23.8 Å². The Morgan fingerprint density at radius 3 is 2.42 bits per heavy atom. The van der Waals surface area contributed by atoms with Crippen LogP contribution in [0.1, 0.15) is 5.69 Å². The largest absolute Gasteiger partial charge is 0.345 e. The molecule has 0 N–H and O–H groups in total. The zero-order chi connectivity index (χ0) is 13.1. The monoisotopic (exact) mass is 295 g/mol. The zero-order valence-corrected chi connectivity index (χ0v) is 11.9. The van der Waals surface area contributed by atoms with Crippen LogP contribution < -0.4 is 9.80 Å². The van der Waals surface area contributed by atoms with Crippen molar-refractivity contribution in [1.29, 1.82) is 0 Å². The average Bonchev–Trinajstić information content (AvgIpc) is 2.97. The van der Waals surface area contributed by atoms with E-state index < -0.39 is 0 Å². The molecule has 19 heavy (non-hydrogen) atoms. The van der Waals surface area contributed by atoms with Gasteiger partial charge in [0.25, 0.3) is 0 Å². The molecule has 0 atom stereocenters. The van der Waals surface area contributed by atoms with Gasteiger partial charge in [0.15, 0.2) is 5.13 Å². The fourth-order valence-electron chi connectivity index (χ4n) is 2.06. The maximum atomic E-state index is 5.78. The lowest BCUT2D eigenvalue weighted by Gasteiger charge is -2.34. The normalized spacial score (nSPS) is 15.8. The summed E-state index contributed by atoms with van der Waals surface area (Å²) in [5.74, 6) is 1.29. The first-order chi connectivity index (χ1) is 9.36. The van der Waals surface area contributed by atoms with E-state index in [4.69, 9.17) is 11.6 Å². The van der Waals surface area contributed by atoms with Gasteiger partial charge in [0, 0.05) is 44.0 Å². The molecule has 0 spiro atoms. The second-order valence-electron chi connectivity index (χ2n) is 4.28. The third kappa shape index (κ3) is 2.79. The molecule has 0 saturated carbocycles. The van der Waals surface area contributed by atoms with Crippen molar-refractivity contribution in [3.8, 4) is 0 Å². The van der Waals surface area contributed by atoms with Crippen LogP contribution in [0, 0.1) is 0 Å². The smallest absolute Gasteiger partial charge is 0.225 e. The summed E-state index contributed by atoms with van der Waals surface area (Å²) in [7, 11) is 0. The van der Waals surface area contributed by atoms with Gasteiger partial charge < -0.3 is 9.80 Å². The van der Waals surface area contributed by atoms with E-state index in [2.05, 4.69) is 24.8 Å². The van der Waals surface area contributed by atoms with E-state index in [9.17, 15) is 0 Å². The molecule has 5 nitrogen and oxygen atoms in total. The SMILES string of the molecule is ClCc1csc(N2CCN(c3ncccn3)CC2)n1. The second kappa shape index (κ2) is 5.71. The molecule has 3 heterocycles. The van der Waals surface area contributed by atoms with Crippen molar-refractivity contribution < 1.29 is 0 Å². The van der Waals surface area contributed by atoms with Crippen molar-refractivity contribution in [1.82, 2.24) is 15.0 Å². The van der Waals surface area contributed by atoms with Crippen molar-refractivity contribution in [2.24, 2.45) is 0 Å². The third-order valence-electron chi connectivity index (χ3n) is 3.06. The van der Waals surface area contributed by atoms with Crippen LogP contribution in [-0.4, -0.2) is 41.1 Å². The highest BCUT2D eigenvalue weighted by Crippen LogP contribution is 2.23. The fourth-order valence-corrected chi connectivity index (χ4v) is 3.16. The lowest BCUT2D eigenvalue weighted by molar-refractivity contribution is 0.638. The molecule has 0 radical (unpaired) electrons. The van der Waals surface area contributed by atoms with Crippen molar-refractivity contribution in [3.63, 3.8) is 0 Å². The lowest BCUT2D eigenvalue weighted by Crippen LogP contribution is -2.47. The van der Waals surface area contributed by atoms with Crippen LogP contribution >= 0.6 is 22.9 Å². The molecule has 0 amide bonds. The highest BCUT2D eigenvalue weighted by atomic mass is 35.5. The molecule has 2 aromatic rings. The van der Waals surface area contributed by atoms with Crippen LogP contribution in [0.2, 0.25) is 0 Å². The van der Waals surface area contributed by atoms with E-state index in [0.717, 1.165) is 43.0 Å². The Hall–Kier alpha value is -1.40. The van der Waals surface area contributed by atoms with Crippen LogP contribution in [-0.2, 0) is 5.88 Å². The quantitative estimate of drug-likeness (QED) is 0.811. The standard InChI is InChI=1S/C12H14ClN5S/c13-8-10-9-19-12(16-10)18-6-4-17(5-7-18)11-14-2-1-3-15-11/h1-3,9H,4-8H2. The number of nitrogens with zero attached hydrogens (tertiary/aromatic N) is 5. The molecule has 3 rings (SSSR count). The Balaban J connectivity index is 1.63. The molecule has 7 heteroatoms. The number of alkyl halides is 1. The molecule has 0 aliphatic carbocycles. The van der Waals surface area contributed by atoms with Gasteiger partial charge >= 0.3 is 0 Å². The summed E-state index contributed by atoms with van der Waals surface area (Å²) >= 11 is 7.44. The molecule has 2 aromatic heterocycles. The summed E-state index contributed by atoms with van der Waals surface area (Å²) in [5.41, 5.74) is 0.954. The van der Waals surface area contributed by atoms with E-state index in [-0.39, 0.29) is 0 Å². The number of anilines is 2. The van der Waals surface area contributed by atoms with Crippen molar-refractivity contribution in [2.45, 2.75) is 5.88 Å². The van der Waals surface area contributed by atoms with Gasteiger partial charge in [0.05, 0.1) is 11.6 Å². The number of hydrogen-bond donors (Lipinski definition) is 0. The Morgan fingerprint density at radius 2 is 1.79 bits per heavy atom. The minimum absolute atomic E-state index is 0.480. The van der Waals surface area contributed by atoms with Crippen LogP contribution in [0.4, 0.5) is 11.1 Å². The van der Waals surface area contributed by atoms with Crippen LogP contribution in [0.5, 0.6) is 0 Å². The van der Waals surface area contributed by atoms with Crippen LogP contribution in [0.25, 0.3) is 0 Å². The van der Waals surface area contributed by atoms with E-state index >= 15 is 0 Å². The summed E-state index contributed by atoms with van der Waals surface area (Å²) in [5, 5.41) is 3.08. The number of rotatable bonds is 3. The van der Waals surface area contributed by atoms with Gasteiger partial charge in [-0.25, -0.2) is 15.0 Å². The number of hydrogen-bond acceptors (Lipinski definition) is 6. The van der Waals surface area contributed by atoms with E-state index in [1.165, 1.54) is 0 Å². The minimum Gasteiger partial charge on any atom is -0.345 e. The van der Waals surface area contributed by atoms with E-state index in [1.54, 1.807) is 23.7 Å². The summed E-state index contributed by atoms with van der Waals surface area (Å²) in [4.78, 5) is 17.6. The van der Waals surface area contributed by atoms with E-state index in [1.807, 2.05) is 11.4 Å². The minimum atomic E-state index is 0.480. The topological polar surface area (TPSA) is 45.2 Å². The molecule has 100 valence electrons. The molecule has 0 unspecified atom stereocenters. The number of piperazine rings is 1. The summed E-state index contributed by atoms with van der Waals surface area (Å²) in [6.07, 6.45) is 3.56. The Morgan fingerprint density at radius 1 is 1.11 bits per heavy atom. The fraction of sp³-hybridized carbons (Fsp3) is 0.417. The van der Waals surface area contributed by atoms with Crippen LogP contribution in [0.3, 0.4) is 0 Å². The van der Waals surface area contributed by atoms with Crippen molar-refractivity contribution in [3.05, 3.63) is 29.5 Å². The molecular weight excluding hydrogens is 282 g/mol. The third-order valence-corrected chi connectivity index (χ3v) is 4.29. The number of thiazole rings is 1. The molecule has 1 aliphatic heterocycles. The van der Waals surface area contributed by atoms with Gasteiger partial charge in [0.2, 0.25) is 5.95 Å². The van der Waals surface area contributed by atoms with Gasteiger partial charge in [-0.2, -0.15) is 0 Å². The van der Waals surface area contributed by atoms with Gasteiger partial charge in [-0.3, -0.25) is 0 Å². The van der Waals surface area contributed by atoms with Gasteiger partial charge in [0.1, 0.15) is 0 Å². The summed E-state index contributed by atoms with van der Waals surface area (Å²) < 4.78 is 0. The molecule has 0 bridgehead atoms. The second-order valence-corrected chi connectivity index (χ2v) is 5.38. The predicted octanol–water partition coefficient (Wildman–Crippen LogP) is 2.00. The van der Waals surface area contributed by atoms with Gasteiger partial charge in [-0.15, -0.1) is 22.9 Å². The first kappa shape index (κ1) is 12.6. The molecule has 1 aliphatic rings. The summed E-state index contributed by atoms with van der Waals surface area (Å²) in [6.45, 7) is 3.71. The summed E-state index contributed by atoms with van der Waals surface area (Å²) in [6, 6.07) is 1.84. The first-order valence-corrected chi connectivity index (χ1v) is 7.55. The highest BCUT2D eigenvalue weighted by molar-refractivity contribution is 7.13. The Labute approximate surface area is 120 Å². The maximum Gasteiger partial charge on any atom is 0.225 e. The first-order valence-electron chi connectivity index (χ1n) is 6.14. The molecular formula is C12H14ClN5S. The maximum absolute atomic E-state index is 5.78. The molecule has 1 fully saturated rings. The lowest BCUT2D eigenvalue weighted by atomic mass is 10.3. The average molecular weight is 296 g/mol. The van der Waals surface area contributed by atoms with E-state index in [0.29, 0.717) is 5.88 Å². The van der Waals surface area contributed by atoms with Gasteiger partial charge in [-0.05, 0) is 6.07 Å². The Bertz CT molecular complexity index is 524.